The van der Waals surface area contributed by atoms with Crippen molar-refractivity contribution in [1.29, 1.82) is 0 Å². The van der Waals surface area contributed by atoms with Gasteiger partial charge in [-0.25, -0.2) is 0 Å². The number of rotatable bonds is 10. The van der Waals surface area contributed by atoms with Crippen LogP contribution < -0.4 is 10.6 Å². The van der Waals surface area contributed by atoms with Gasteiger partial charge in [-0.15, -0.1) is 0 Å². The summed E-state index contributed by atoms with van der Waals surface area (Å²) in [6, 6.07) is 10.3. The van der Waals surface area contributed by atoms with E-state index in [0.717, 1.165) is 50.7 Å². The molecule has 0 fully saturated rings. The molecule has 0 unspecified atom stereocenters. The molecule has 0 aliphatic heterocycles. The number of aliphatic imine (C=N–C) groups is 1. The Hall–Kier alpha value is -2.34. The van der Waals surface area contributed by atoms with Crippen molar-refractivity contribution in [3.8, 4) is 0 Å². The molecular formula is C19H29N5O. The van der Waals surface area contributed by atoms with Crippen molar-refractivity contribution in [2.75, 3.05) is 26.8 Å². The van der Waals surface area contributed by atoms with Crippen LogP contribution in [-0.4, -0.2) is 42.5 Å². The van der Waals surface area contributed by atoms with E-state index in [0.29, 0.717) is 6.54 Å². The first-order valence-corrected chi connectivity index (χ1v) is 8.89. The Morgan fingerprint density at radius 1 is 1.16 bits per heavy atom. The van der Waals surface area contributed by atoms with E-state index < -0.39 is 0 Å². The molecular weight excluding hydrogens is 314 g/mol. The van der Waals surface area contributed by atoms with Crippen LogP contribution in [0.2, 0.25) is 0 Å². The van der Waals surface area contributed by atoms with E-state index in [1.165, 1.54) is 5.56 Å². The van der Waals surface area contributed by atoms with Crippen molar-refractivity contribution in [2.24, 2.45) is 4.99 Å². The third-order valence-corrected chi connectivity index (χ3v) is 3.77. The molecule has 0 atom stereocenters. The number of nitrogens with zero attached hydrogens (tertiary/aromatic N) is 3. The van der Waals surface area contributed by atoms with Gasteiger partial charge in [-0.05, 0) is 25.3 Å². The van der Waals surface area contributed by atoms with Crippen molar-refractivity contribution >= 4 is 5.96 Å². The Morgan fingerprint density at radius 3 is 2.76 bits per heavy atom. The number of guanidine groups is 1. The molecule has 25 heavy (non-hydrogen) atoms. The van der Waals surface area contributed by atoms with Crippen molar-refractivity contribution in [3.63, 3.8) is 0 Å². The minimum absolute atomic E-state index is 0.702. The molecule has 136 valence electrons. The first-order chi connectivity index (χ1) is 12.3. The second-order valence-electron chi connectivity index (χ2n) is 5.79. The lowest BCUT2D eigenvalue weighted by atomic mass is 10.2. The highest BCUT2D eigenvalue weighted by atomic mass is 16.5. The van der Waals surface area contributed by atoms with E-state index in [2.05, 4.69) is 39.1 Å². The standard InChI is InChI=1S/C19H29N5O/c1-3-25-12-8-7-11-21-19(20-2)22-13-18-14-23-24(16-18)15-17-9-5-4-6-10-17/h4-6,9-10,14,16H,3,7-8,11-13,15H2,1-2H3,(H2,20,21,22). The first-order valence-electron chi connectivity index (χ1n) is 8.89. The molecule has 0 aliphatic rings. The summed E-state index contributed by atoms with van der Waals surface area (Å²) in [4.78, 5) is 4.25. The number of ether oxygens (including phenoxy) is 1. The lowest BCUT2D eigenvalue weighted by Gasteiger charge is -2.11. The second kappa shape index (κ2) is 11.3. The fourth-order valence-electron chi connectivity index (χ4n) is 2.44. The number of unbranched alkanes of at least 4 members (excludes halogenated alkanes) is 1. The summed E-state index contributed by atoms with van der Waals surface area (Å²) in [6.45, 7) is 6.01. The van der Waals surface area contributed by atoms with Gasteiger partial charge in [-0.1, -0.05) is 30.3 Å². The molecule has 0 saturated heterocycles. The maximum Gasteiger partial charge on any atom is 0.191 e. The van der Waals surface area contributed by atoms with Crippen LogP contribution in [0.25, 0.3) is 0 Å². The molecule has 2 aromatic rings. The normalized spacial score (nSPS) is 11.5. The topological polar surface area (TPSA) is 63.5 Å². The smallest absolute Gasteiger partial charge is 0.191 e. The maximum atomic E-state index is 5.33. The molecule has 1 heterocycles. The predicted molar refractivity (Wildman–Crippen MR) is 102 cm³/mol. The first kappa shape index (κ1) is 19.0. The molecule has 2 rings (SSSR count). The fourth-order valence-corrected chi connectivity index (χ4v) is 2.44. The number of aromatic nitrogens is 2. The minimum atomic E-state index is 0.702. The molecule has 0 saturated carbocycles. The van der Waals surface area contributed by atoms with Crippen LogP contribution in [0.4, 0.5) is 0 Å². The summed E-state index contributed by atoms with van der Waals surface area (Å²) in [6.07, 6.45) is 6.08. The summed E-state index contributed by atoms with van der Waals surface area (Å²) in [5.74, 6) is 0.812. The average Bonchev–Trinajstić information content (AvgIpc) is 3.08. The molecule has 0 spiro atoms. The van der Waals surface area contributed by atoms with Gasteiger partial charge in [0.2, 0.25) is 0 Å². The number of hydrogen-bond acceptors (Lipinski definition) is 3. The van der Waals surface area contributed by atoms with Gasteiger partial charge in [0.25, 0.3) is 0 Å². The Balaban J connectivity index is 1.69. The van der Waals surface area contributed by atoms with Gasteiger partial charge in [0, 0.05) is 45.1 Å². The van der Waals surface area contributed by atoms with Crippen LogP contribution in [0.5, 0.6) is 0 Å². The van der Waals surface area contributed by atoms with Gasteiger partial charge in [0.15, 0.2) is 5.96 Å². The second-order valence-corrected chi connectivity index (χ2v) is 5.79. The van der Waals surface area contributed by atoms with Gasteiger partial charge in [-0.2, -0.15) is 5.10 Å². The highest BCUT2D eigenvalue weighted by Crippen LogP contribution is 2.03. The third kappa shape index (κ3) is 7.39. The fraction of sp³-hybridized carbons (Fsp3) is 0.474. The largest absolute Gasteiger partial charge is 0.382 e. The average molecular weight is 343 g/mol. The Morgan fingerprint density at radius 2 is 2.00 bits per heavy atom. The van der Waals surface area contributed by atoms with Gasteiger partial charge in [-0.3, -0.25) is 9.67 Å². The zero-order valence-corrected chi connectivity index (χ0v) is 15.2. The summed E-state index contributed by atoms with van der Waals surface area (Å²) in [7, 11) is 1.79. The van der Waals surface area contributed by atoms with Gasteiger partial charge in [0.1, 0.15) is 0 Å². The van der Waals surface area contributed by atoms with Crippen LogP contribution >= 0.6 is 0 Å². The SMILES string of the molecule is CCOCCCCNC(=NC)NCc1cnn(Cc2ccccc2)c1. The molecule has 1 aromatic carbocycles. The highest BCUT2D eigenvalue weighted by Gasteiger charge is 2.02. The lowest BCUT2D eigenvalue weighted by molar-refractivity contribution is 0.143. The molecule has 2 N–H and O–H groups in total. The van der Waals surface area contributed by atoms with Gasteiger partial charge in [0.05, 0.1) is 12.7 Å². The predicted octanol–water partition coefficient (Wildman–Crippen LogP) is 2.41. The summed E-state index contributed by atoms with van der Waals surface area (Å²) >= 11 is 0. The molecule has 6 heteroatoms. The van der Waals surface area contributed by atoms with E-state index in [1.807, 2.05) is 36.0 Å². The van der Waals surface area contributed by atoms with Crippen molar-refractivity contribution in [3.05, 3.63) is 53.9 Å². The molecule has 0 aliphatic carbocycles. The van der Waals surface area contributed by atoms with Gasteiger partial charge >= 0.3 is 0 Å². The molecule has 0 bridgehead atoms. The van der Waals surface area contributed by atoms with E-state index in [1.54, 1.807) is 7.05 Å². The third-order valence-electron chi connectivity index (χ3n) is 3.77. The highest BCUT2D eigenvalue weighted by molar-refractivity contribution is 5.79. The van der Waals surface area contributed by atoms with E-state index >= 15 is 0 Å². The summed E-state index contributed by atoms with van der Waals surface area (Å²) in [5, 5.41) is 11.1. The van der Waals surface area contributed by atoms with Crippen LogP contribution in [0.1, 0.15) is 30.9 Å². The van der Waals surface area contributed by atoms with E-state index in [4.69, 9.17) is 4.74 Å². The van der Waals surface area contributed by atoms with Crippen molar-refractivity contribution in [2.45, 2.75) is 32.9 Å². The van der Waals surface area contributed by atoms with E-state index in [-0.39, 0.29) is 0 Å². The van der Waals surface area contributed by atoms with Crippen LogP contribution in [0.15, 0.2) is 47.7 Å². The Kier molecular flexibility index (Phi) is 8.55. The quantitative estimate of drug-likeness (QED) is 0.395. The zero-order valence-electron chi connectivity index (χ0n) is 15.2. The molecule has 0 amide bonds. The van der Waals surface area contributed by atoms with Crippen LogP contribution in [-0.2, 0) is 17.8 Å². The minimum Gasteiger partial charge on any atom is -0.382 e. The number of benzene rings is 1. The Bertz CT molecular complexity index is 624. The summed E-state index contributed by atoms with van der Waals surface area (Å²) < 4.78 is 7.29. The summed E-state index contributed by atoms with van der Waals surface area (Å²) in [5.41, 5.74) is 2.38. The van der Waals surface area contributed by atoms with E-state index in [9.17, 15) is 0 Å². The lowest BCUT2D eigenvalue weighted by Crippen LogP contribution is -2.37. The Labute approximate surface area is 150 Å². The monoisotopic (exact) mass is 343 g/mol. The van der Waals surface area contributed by atoms with Crippen molar-refractivity contribution in [1.82, 2.24) is 20.4 Å². The zero-order chi connectivity index (χ0) is 17.7. The maximum absolute atomic E-state index is 5.33. The van der Waals surface area contributed by atoms with Crippen LogP contribution in [0, 0.1) is 0 Å². The molecule has 1 aromatic heterocycles. The molecule has 0 radical (unpaired) electrons. The van der Waals surface area contributed by atoms with Crippen molar-refractivity contribution < 1.29 is 4.74 Å². The van der Waals surface area contributed by atoms with Gasteiger partial charge < -0.3 is 15.4 Å². The number of hydrogen-bond donors (Lipinski definition) is 2. The van der Waals surface area contributed by atoms with Crippen LogP contribution in [0.3, 0.4) is 0 Å². The number of nitrogens with one attached hydrogen (secondary N) is 2. The molecule has 6 nitrogen and oxygen atoms in total.